The molecule has 1 amide bonds. The fourth-order valence-corrected chi connectivity index (χ4v) is 3.35. The fraction of sp³-hybridized carbons (Fsp3) is 0.0800. The van der Waals surface area contributed by atoms with Gasteiger partial charge in [0.15, 0.2) is 0 Å². The Labute approximate surface area is 189 Å². The lowest BCUT2D eigenvalue weighted by molar-refractivity contribution is -0.116. The lowest BCUT2D eigenvalue weighted by Crippen LogP contribution is -2.30. The number of benzene rings is 3. The van der Waals surface area contributed by atoms with Crippen LogP contribution in [0.1, 0.15) is 11.4 Å². The molecule has 0 aliphatic heterocycles. The van der Waals surface area contributed by atoms with E-state index < -0.39 is 0 Å². The van der Waals surface area contributed by atoms with Crippen molar-refractivity contribution in [2.45, 2.75) is 6.54 Å². The minimum atomic E-state index is -0.342. The van der Waals surface area contributed by atoms with Crippen LogP contribution in [0.25, 0.3) is 23.1 Å². The number of rotatable bonds is 6. The molecule has 4 rings (SSSR count). The molecule has 0 spiro atoms. The number of carbonyl (C=O) groups is 1. The van der Waals surface area contributed by atoms with Crippen molar-refractivity contribution < 1.29 is 9.53 Å². The summed E-state index contributed by atoms with van der Waals surface area (Å²) in [7, 11) is 1.61. The number of nitrogens with zero attached hydrogens (tertiary/aromatic N) is 2. The summed E-state index contributed by atoms with van der Waals surface area (Å²) >= 11 is 5.90. The zero-order valence-corrected chi connectivity index (χ0v) is 18.0. The Morgan fingerprint density at radius 3 is 2.47 bits per heavy atom. The van der Waals surface area contributed by atoms with Gasteiger partial charge in [0.1, 0.15) is 18.1 Å². The summed E-state index contributed by atoms with van der Waals surface area (Å²) in [4.78, 5) is 30.4. The molecule has 1 N–H and O–H groups in total. The summed E-state index contributed by atoms with van der Waals surface area (Å²) in [6, 6.07) is 21.3. The highest BCUT2D eigenvalue weighted by Crippen LogP contribution is 2.16. The van der Waals surface area contributed by atoms with E-state index in [4.69, 9.17) is 16.3 Å². The van der Waals surface area contributed by atoms with Gasteiger partial charge in [0.05, 0.1) is 18.0 Å². The molecule has 0 bridgehead atoms. The highest BCUT2D eigenvalue weighted by Gasteiger charge is 2.13. The molecule has 0 unspecified atom stereocenters. The number of ether oxygens (including phenoxy) is 1. The monoisotopic (exact) mass is 445 g/mol. The third kappa shape index (κ3) is 4.87. The first kappa shape index (κ1) is 21.3. The molecule has 3 aromatic carbocycles. The van der Waals surface area contributed by atoms with Gasteiger partial charge in [-0.25, -0.2) is 4.98 Å². The third-order valence-electron chi connectivity index (χ3n) is 4.86. The second-order valence-electron chi connectivity index (χ2n) is 7.04. The molecule has 6 nitrogen and oxygen atoms in total. The molecule has 0 fully saturated rings. The van der Waals surface area contributed by atoms with Crippen molar-refractivity contribution in [3.05, 3.63) is 99.6 Å². The molecule has 1 heterocycles. The molecule has 0 atom stereocenters. The number of anilines is 1. The van der Waals surface area contributed by atoms with Crippen LogP contribution < -0.4 is 15.6 Å². The molecule has 4 aromatic rings. The van der Waals surface area contributed by atoms with Gasteiger partial charge in [-0.15, -0.1) is 0 Å². The number of methoxy groups -OCH3 is 1. The van der Waals surface area contributed by atoms with Crippen LogP contribution >= 0.6 is 11.6 Å². The van der Waals surface area contributed by atoms with Crippen molar-refractivity contribution in [3.63, 3.8) is 0 Å². The first-order chi connectivity index (χ1) is 15.5. The molecule has 0 aliphatic carbocycles. The minimum absolute atomic E-state index is 0.179. The summed E-state index contributed by atoms with van der Waals surface area (Å²) in [6.07, 6.45) is 3.56. The molecular weight excluding hydrogens is 426 g/mol. The van der Waals surface area contributed by atoms with E-state index in [-0.39, 0.29) is 18.0 Å². The van der Waals surface area contributed by atoms with Gasteiger partial charge in [-0.1, -0.05) is 41.9 Å². The van der Waals surface area contributed by atoms with E-state index in [2.05, 4.69) is 10.3 Å². The molecular formula is C25H20ClN3O3. The van der Waals surface area contributed by atoms with Crippen LogP contribution in [0.15, 0.2) is 77.6 Å². The number of nitrogens with one attached hydrogen (secondary N) is 1. The second kappa shape index (κ2) is 9.49. The first-order valence-electron chi connectivity index (χ1n) is 9.90. The Balaban J connectivity index is 1.68. The Morgan fingerprint density at radius 2 is 1.75 bits per heavy atom. The average Bonchev–Trinajstić information content (AvgIpc) is 2.81. The van der Waals surface area contributed by atoms with Gasteiger partial charge in [-0.2, -0.15) is 0 Å². The smallest absolute Gasteiger partial charge is 0.262 e. The van der Waals surface area contributed by atoms with Crippen LogP contribution in [-0.2, 0) is 11.3 Å². The maximum atomic E-state index is 13.2. The van der Waals surface area contributed by atoms with Crippen molar-refractivity contribution in [3.8, 4) is 5.75 Å². The van der Waals surface area contributed by atoms with E-state index in [0.717, 1.165) is 11.3 Å². The van der Waals surface area contributed by atoms with Crippen LogP contribution in [0.3, 0.4) is 0 Å². The third-order valence-corrected chi connectivity index (χ3v) is 5.11. The number of carbonyl (C=O) groups excluding carboxylic acids is 1. The minimum Gasteiger partial charge on any atom is -0.497 e. The molecule has 0 radical (unpaired) electrons. The maximum absolute atomic E-state index is 13.2. The molecule has 0 aliphatic rings. The van der Waals surface area contributed by atoms with Gasteiger partial charge in [-0.3, -0.25) is 14.2 Å². The van der Waals surface area contributed by atoms with Crippen LogP contribution in [-0.4, -0.2) is 22.6 Å². The van der Waals surface area contributed by atoms with Crippen LogP contribution in [0.2, 0.25) is 5.02 Å². The predicted molar refractivity (Wildman–Crippen MR) is 128 cm³/mol. The molecule has 7 heteroatoms. The Kier molecular flexibility index (Phi) is 6.33. The Bertz CT molecular complexity index is 1340. The summed E-state index contributed by atoms with van der Waals surface area (Å²) in [5.74, 6) is 0.795. The SMILES string of the molecule is COc1ccc(/C=C/c2nc3ccccc3c(=O)n2CC(=O)Nc2ccc(Cl)cc2)cc1. The molecule has 0 saturated carbocycles. The zero-order valence-electron chi connectivity index (χ0n) is 17.3. The van der Waals surface area contributed by atoms with Gasteiger partial charge in [-0.05, 0) is 60.2 Å². The maximum Gasteiger partial charge on any atom is 0.262 e. The van der Waals surface area contributed by atoms with Crippen LogP contribution in [0.5, 0.6) is 5.75 Å². The Morgan fingerprint density at radius 1 is 1.03 bits per heavy atom. The lowest BCUT2D eigenvalue weighted by Gasteiger charge is -2.12. The normalized spacial score (nSPS) is 11.1. The number of fused-ring (bicyclic) bond motifs is 1. The highest BCUT2D eigenvalue weighted by atomic mass is 35.5. The largest absolute Gasteiger partial charge is 0.497 e. The zero-order chi connectivity index (χ0) is 22.5. The van der Waals surface area contributed by atoms with E-state index in [9.17, 15) is 9.59 Å². The number of hydrogen-bond donors (Lipinski definition) is 1. The van der Waals surface area contributed by atoms with E-state index >= 15 is 0 Å². The molecule has 32 heavy (non-hydrogen) atoms. The van der Waals surface area contributed by atoms with Gasteiger partial charge in [0.25, 0.3) is 5.56 Å². The van der Waals surface area contributed by atoms with E-state index in [0.29, 0.717) is 27.4 Å². The predicted octanol–water partition coefficient (Wildman–Crippen LogP) is 4.87. The standard InChI is InChI=1S/C25H20ClN3O3/c1-32-20-13-6-17(7-14-20)8-15-23-28-22-5-3-2-4-21(22)25(31)29(23)16-24(30)27-19-11-9-18(26)10-12-19/h2-15H,16H2,1H3,(H,27,30)/b15-8+. The average molecular weight is 446 g/mol. The number of amides is 1. The topological polar surface area (TPSA) is 73.2 Å². The van der Waals surface area contributed by atoms with Crippen molar-refractivity contribution in [2.24, 2.45) is 0 Å². The number of aromatic nitrogens is 2. The van der Waals surface area contributed by atoms with Gasteiger partial charge in [0, 0.05) is 10.7 Å². The lowest BCUT2D eigenvalue weighted by atomic mass is 10.2. The summed E-state index contributed by atoms with van der Waals surface area (Å²) in [6.45, 7) is -0.179. The molecule has 1 aromatic heterocycles. The van der Waals surface area contributed by atoms with Crippen molar-refractivity contribution in [1.29, 1.82) is 0 Å². The Hall–Kier alpha value is -3.90. The van der Waals surface area contributed by atoms with E-state index in [1.54, 1.807) is 55.7 Å². The second-order valence-corrected chi connectivity index (χ2v) is 7.48. The number of halogens is 1. The van der Waals surface area contributed by atoms with Crippen LogP contribution in [0.4, 0.5) is 5.69 Å². The van der Waals surface area contributed by atoms with Crippen molar-refractivity contribution >= 4 is 46.3 Å². The van der Waals surface area contributed by atoms with Crippen molar-refractivity contribution in [2.75, 3.05) is 12.4 Å². The summed E-state index contributed by atoms with van der Waals surface area (Å²) < 4.78 is 6.55. The van der Waals surface area contributed by atoms with E-state index in [1.807, 2.05) is 36.4 Å². The van der Waals surface area contributed by atoms with Gasteiger partial charge >= 0.3 is 0 Å². The van der Waals surface area contributed by atoms with Gasteiger partial charge < -0.3 is 10.1 Å². The first-order valence-corrected chi connectivity index (χ1v) is 10.3. The van der Waals surface area contributed by atoms with E-state index in [1.165, 1.54) is 4.57 Å². The number of hydrogen-bond acceptors (Lipinski definition) is 4. The number of para-hydroxylation sites is 1. The van der Waals surface area contributed by atoms with Crippen molar-refractivity contribution in [1.82, 2.24) is 9.55 Å². The van der Waals surface area contributed by atoms with Gasteiger partial charge in [0.2, 0.25) is 5.91 Å². The summed E-state index contributed by atoms with van der Waals surface area (Å²) in [5, 5.41) is 3.81. The quantitative estimate of drug-likeness (QED) is 0.459. The summed E-state index contributed by atoms with van der Waals surface area (Å²) in [5.41, 5.74) is 1.79. The fourth-order valence-electron chi connectivity index (χ4n) is 3.23. The highest BCUT2D eigenvalue weighted by molar-refractivity contribution is 6.30. The molecule has 0 saturated heterocycles. The van der Waals surface area contributed by atoms with Crippen LogP contribution in [0, 0.1) is 0 Å². The molecule has 160 valence electrons.